The van der Waals surface area contributed by atoms with Crippen LogP contribution in [0.25, 0.3) is 11.0 Å². The molecule has 3 aromatic rings. The van der Waals surface area contributed by atoms with Gasteiger partial charge in [0.05, 0.1) is 39.7 Å². The Balaban J connectivity index is 1.99. The second-order valence-electron chi connectivity index (χ2n) is 3.92. The number of aromatic nitrogens is 4. The van der Waals surface area contributed by atoms with E-state index in [1.807, 2.05) is 0 Å². The molecule has 0 bridgehead atoms. The van der Waals surface area contributed by atoms with Gasteiger partial charge < -0.3 is 4.74 Å². The molecule has 0 N–H and O–H groups in total. The van der Waals surface area contributed by atoms with Crippen molar-refractivity contribution >= 4 is 34.2 Å². The SMILES string of the molecule is Cn1cc(Oc2cnc3cc(Cl)c(Cl)cc3n2)cn1. The molecule has 7 heteroatoms. The molecular weight excluding hydrogens is 287 g/mol. The molecule has 5 nitrogen and oxygen atoms in total. The van der Waals surface area contributed by atoms with Crippen molar-refractivity contribution in [1.29, 1.82) is 0 Å². The Morgan fingerprint density at radius 2 is 1.84 bits per heavy atom. The van der Waals surface area contributed by atoms with Crippen molar-refractivity contribution < 1.29 is 4.74 Å². The van der Waals surface area contributed by atoms with Gasteiger partial charge in [-0.2, -0.15) is 5.10 Å². The Hall–Kier alpha value is -1.85. The Kier molecular flexibility index (Phi) is 3.00. The molecule has 0 saturated carbocycles. The molecule has 2 heterocycles. The van der Waals surface area contributed by atoms with Gasteiger partial charge in [0.1, 0.15) is 0 Å². The van der Waals surface area contributed by atoms with Crippen molar-refractivity contribution in [2.45, 2.75) is 0 Å². The van der Waals surface area contributed by atoms with Gasteiger partial charge >= 0.3 is 0 Å². The van der Waals surface area contributed by atoms with Gasteiger partial charge in [0.15, 0.2) is 5.75 Å². The smallest absolute Gasteiger partial charge is 0.238 e. The van der Waals surface area contributed by atoms with Crippen LogP contribution in [0.4, 0.5) is 0 Å². The van der Waals surface area contributed by atoms with Crippen LogP contribution in [0, 0.1) is 0 Å². The van der Waals surface area contributed by atoms with Gasteiger partial charge in [0.25, 0.3) is 0 Å². The first-order valence-corrected chi connectivity index (χ1v) is 6.16. The van der Waals surface area contributed by atoms with E-state index >= 15 is 0 Å². The van der Waals surface area contributed by atoms with Crippen LogP contribution in [0.3, 0.4) is 0 Å². The molecule has 0 radical (unpaired) electrons. The van der Waals surface area contributed by atoms with Crippen LogP contribution in [-0.2, 0) is 7.05 Å². The van der Waals surface area contributed by atoms with Crippen LogP contribution < -0.4 is 4.74 Å². The van der Waals surface area contributed by atoms with Crippen LogP contribution in [0.1, 0.15) is 0 Å². The first-order chi connectivity index (χ1) is 9.11. The first kappa shape index (κ1) is 12.2. The summed E-state index contributed by atoms with van der Waals surface area (Å²) in [5, 5.41) is 4.89. The largest absolute Gasteiger partial charge is 0.434 e. The normalized spacial score (nSPS) is 10.9. The maximum Gasteiger partial charge on any atom is 0.238 e. The molecule has 0 aliphatic heterocycles. The molecule has 0 amide bonds. The summed E-state index contributed by atoms with van der Waals surface area (Å²) in [6, 6.07) is 3.32. The molecule has 1 aromatic carbocycles. The lowest BCUT2D eigenvalue weighted by atomic mass is 10.3. The zero-order valence-corrected chi connectivity index (χ0v) is 11.4. The van der Waals surface area contributed by atoms with Crippen LogP contribution in [0.15, 0.2) is 30.7 Å². The molecule has 3 rings (SSSR count). The van der Waals surface area contributed by atoms with Gasteiger partial charge in [-0.1, -0.05) is 23.2 Å². The molecule has 0 aliphatic carbocycles. The van der Waals surface area contributed by atoms with Crippen LogP contribution >= 0.6 is 23.2 Å². The van der Waals surface area contributed by atoms with Crippen molar-refractivity contribution in [2.24, 2.45) is 7.05 Å². The number of rotatable bonds is 2. The molecule has 96 valence electrons. The maximum atomic E-state index is 5.95. The highest BCUT2D eigenvalue weighted by Crippen LogP contribution is 2.27. The van der Waals surface area contributed by atoms with E-state index < -0.39 is 0 Å². The van der Waals surface area contributed by atoms with E-state index in [1.54, 1.807) is 36.3 Å². The summed E-state index contributed by atoms with van der Waals surface area (Å²) < 4.78 is 7.18. The number of ether oxygens (including phenoxy) is 1. The zero-order valence-electron chi connectivity index (χ0n) is 9.84. The third-order valence-corrected chi connectivity index (χ3v) is 3.19. The van der Waals surface area contributed by atoms with Crippen molar-refractivity contribution in [2.75, 3.05) is 0 Å². The summed E-state index contributed by atoms with van der Waals surface area (Å²) in [4.78, 5) is 8.55. The number of hydrogen-bond acceptors (Lipinski definition) is 4. The summed E-state index contributed by atoms with van der Waals surface area (Å²) in [7, 11) is 1.81. The minimum atomic E-state index is 0.374. The lowest BCUT2D eigenvalue weighted by molar-refractivity contribution is 0.462. The predicted molar refractivity (Wildman–Crippen MR) is 72.8 cm³/mol. The summed E-state index contributed by atoms with van der Waals surface area (Å²) in [5.74, 6) is 0.968. The Bertz CT molecular complexity index is 757. The standard InChI is InChI=1S/C12H8Cl2N4O/c1-18-6-7(4-16-18)19-12-5-15-10-2-8(13)9(14)3-11(10)17-12/h2-6H,1H3. The molecular formula is C12H8Cl2N4O. The van der Waals surface area contributed by atoms with Crippen molar-refractivity contribution in [1.82, 2.24) is 19.7 Å². The van der Waals surface area contributed by atoms with E-state index in [9.17, 15) is 0 Å². The lowest BCUT2D eigenvalue weighted by Gasteiger charge is -2.04. The number of fused-ring (bicyclic) bond motifs is 1. The second kappa shape index (κ2) is 4.68. The fourth-order valence-electron chi connectivity index (χ4n) is 1.61. The van der Waals surface area contributed by atoms with E-state index in [1.165, 1.54) is 6.20 Å². The topological polar surface area (TPSA) is 52.8 Å². The molecule has 0 fully saturated rings. The molecule has 0 atom stereocenters. The Morgan fingerprint density at radius 3 is 2.53 bits per heavy atom. The van der Waals surface area contributed by atoms with E-state index in [0.717, 1.165) is 0 Å². The van der Waals surface area contributed by atoms with Gasteiger partial charge in [0.2, 0.25) is 5.88 Å². The van der Waals surface area contributed by atoms with Crippen LogP contribution in [-0.4, -0.2) is 19.7 Å². The highest BCUT2D eigenvalue weighted by molar-refractivity contribution is 6.42. The minimum Gasteiger partial charge on any atom is -0.434 e. The van der Waals surface area contributed by atoms with Crippen molar-refractivity contribution in [3.8, 4) is 11.6 Å². The first-order valence-electron chi connectivity index (χ1n) is 5.40. The summed E-state index contributed by atoms with van der Waals surface area (Å²) in [5.41, 5.74) is 1.28. The Morgan fingerprint density at radius 1 is 1.11 bits per heavy atom. The average Bonchev–Trinajstić information content (AvgIpc) is 2.77. The number of benzene rings is 1. The average molecular weight is 295 g/mol. The van der Waals surface area contributed by atoms with E-state index in [4.69, 9.17) is 27.9 Å². The highest BCUT2D eigenvalue weighted by atomic mass is 35.5. The minimum absolute atomic E-state index is 0.374. The summed E-state index contributed by atoms with van der Waals surface area (Å²) in [6.45, 7) is 0. The molecule has 0 saturated heterocycles. The zero-order chi connectivity index (χ0) is 13.4. The Labute approximate surface area is 118 Å². The number of aryl methyl sites for hydroxylation is 1. The summed E-state index contributed by atoms with van der Waals surface area (Å²) >= 11 is 11.9. The third-order valence-electron chi connectivity index (χ3n) is 2.47. The van der Waals surface area contributed by atoms with E-state index in [2.05, 4.69) is 15.1 Å². The van der Waals surface area contributed by atoms with E-state index in [-0.39, 0.29) is 0 Å². The van der Waals surface area contributed by atoms with Crippen molar-refractivity contribution in [3.63, 3.8) is 0 Å². The fourth-order valence-corrected chi connectivity index (χ4v) is 1.93. The van der Waals surface area contributed by atoms with Gasteiger partial charge in [0, 0.05) is 7.05 Å². The maximum absolute atomic E-state index is 5.95. The number of hydrogen-bond donors (Lipinski definition) is 0. The highest BCUT2D eigenvalue weighted by Gasteiger charge is 2.06. The van der Waals surface area contributed by atoms with Gasteiger partial charge in [-0.05, 0) is 12.1 Å². The van der Waals surface area contributed by atoms with Crippen molar-refractivity contribution in [3.05, 3.63) is 40.8 Å². The quantitative estimate of drug-likeness (QED) is 0.726. The molecule has 2 aromatic heterocycles. The van der Waals surface area contributed by atoms with Crippen LogP contribution in [0.5, 0.6) is 11.6 Å². The summed E-state index contributed by atoms with van der Waals surface area (Å²) in [6.07, 6.45) is 4.86. The molecule has 0 spiro atoms. The van der Waals surface area contributed by atoms with Gasteiger partial charge in [-0.25, -0.2) is 9.97 Å². The third kappa shape index (κ3) is 2.47. The van der Waals surface area contributed by atoms with Gasteiger partial charge in [-0.3, -0.25) is 4.68 Å². The van der Waals surface area contributed by atoms with Gasteiger partial charge in [-0.15, -0.1) is 0 Å². The van der Waals surface area contributed by atoms with E-state index in [0.29, 0.717) is 32.7 Å². The predicted octanol–water partition coefficient (Wildman–Crippen LogP) is 3.46. The van der Waals surface area contributed by atoms with Crippen LogP contribution in [0.2, 0.25) is 10.0 Å². The lowest BCUT2D eigenvalue weighted by Crippen LogP contribution is -1.90. The number of halogens is 2. The molecule has 0 unspecified atom stereocenters. The monoisotopic (exact) mass is 294 g/mol. The fraction of sp³-hybridized carbons (Fsp3) is 0.0833. The molecule has 19 heavy (non-hydrogen) atoms. The number of nitrogens with zero attached hydrogens (tertiary/aromatic N) is 4. The second-order valence-corrected chi connectivity index (χ2v) is 4.73. The molecule has 0 aliphatic rings.